The predicted molar refractivity (Wildman–Crippen MR) is 83.3 cm³/mol. The Balaban J connectivity index is 2.36. The summed E-state index contributed by atoms with van der Waals surface area (Å²) in [5.74, 6) is 0. The number of anilines is 1. The molecule has 1 aromatic rings. The van der Waals surface area contributed by atoms with Gasteiger partial charge in [-0.25, -0.2) is 4.79 Å². The van der Waals surface area contributed by atoms with Crippen LogP contribution in [0.15, 0.2) is 18.2 Å². The Morgan fingerprint density at radius 1 is 1.40 bits per heavy atom. The molecule has 5 heteroatoms. The fourth-order valence-corrected chi connectivity index (χ4v) is 1.93. The maximum absolute atomic E-state index is 11.8. The Labute approximate surface area is 125 Å². The number of carbonyl (C=O) groups is 1. The molecule has 0 radical (unpaired) electrons. The van der Waals surface area contributed by atoms with Gasteiger partial charge in [-0.2, -0.15) is 0 Å². The monoisotopic (exact) mass is 298 g/mol. The molecule has 0 aliphatic heterocycles. The minimum Gasteiger partial charge on any atom is -0.396 e. The van der Waals surface area contributed by atoms with Crippen molar-refractivity contribution in [2.24, 2.45) is 5.41 Å². The second kappa shape index (κ2) is 7.50. The number of rotatable bonds is 6. The molecule has 1 aromatic carbocycles. The number of aliphatic hydroxyl groups excluding tert-OH is 1. The van der Waals surface area contributed by atoms with E-state index in [0.717, 1.165) is 18.4 Å². The lowest BCUT2D eigenvalue weighted by atomic mass is 9.89. The van der Waals surface area contributed by atoms with Crippen molar-refractivity contribution < 1.29 is 9.90 Å². The van der Waals surface area contributed by atoms with Crippen molar-refractivity contribution in [2.45, 2.75) is 33.6 Å². The van der Waals surface area contributed by atoms with Gasteiger partial charge >= 0.3 is 6.03 Å². The van der Waals surface area contributed by atoms with E-state index in [0.29, 0.717) is 17.3 Å². The summed E-state index contributed by atoms with van der Waals surface area (Å²) in [5, 5.41) is 15.4. The number of urea groups is 1. The van der Waals surface area contributed by atoms with Crippen LogP contribution >= 0.6 is 11.6 Å². The summed E-state index contributed by atoms with van der Waals surface area (Å²) in [4.78, 5) is 11.8. The van der Waals surface area contributed by atoms with Crippen molar-refractivity contribution in [3.63, 3.8) is 0 Å². The number of hydrogen-bond donors (Lipinski definition) is 3. The number of amides is 2. The first-order valence-corrected chi connectivity index (χ1v) is 7.14. The Kier molecular flexibility index (Phi) is 6.30. The van der Waals surface area contributed by atoms with E-state index in [2.05, 4.69) is 10.6 Å². The van der Waals surface area contributed by atoms with Gasteiger partial charge in [-0.1, -0.05) is 31.5 Å². The lowest BCUT2D eigenvalue weighted by molar-refractivity contribution is 0.148. The molecule has 0 spiro atoms. The molecule has 3 N–H and O–H groups in total. The van der Waals surface area contributed by atoms with Gasteiger partial charge in [0.05, 0.1) is 0 Å². The zero-order valence-corrected chi connectivity index (χ0v) is 13.0. The van der Waals surface area contributed by atoms with Crippen LogP contribution in [0.3, 0.4) is 0 Å². The van der Waals surface area contributed by atoms with Gasteiger partial charge in [-0.15, -0.1) is 0 Å². The topological polar surface area (TPSA) is 61.4 Å². The summed E-state index contributed by atoms with van der Waals surface area (Å²) in [6.45, 7) is 6.60. The van der Waals surface area contributed by atoms with Crippen molar-refractivity contribution in [1.82, 2.24) is 5.32 Å². The van der Waals surface area contributed by atoms with Crippen molar-refractivity contribution in [1.29, 1.82) is 0 Å². The molecule has 0 fully saturated rings. The van der Waals surface area contributed by atoms with Crippen molar-refractivity contribution >= 4 is 23.3 Å². The van der Waals surface area contributed by atoms with Gasteiger partial charge in [0.1, 0.15) is 0 Å². The Hall–Kier alpha value is -1.26. The van der Waals surface area contributed by atoms with Gasteiger partial charge in [0.2, 0.25) is 0 Å². The third kappa shape index (κ3) is 5.39. The van der Waals surface area contributed by atoms with Crippen molar-refractivity contribution in [3.8, 4) is 0 Å². The van der Waals surface area contributed by atoms with Crippen LogP contribution in [-0.4, -0.2) is 24.3 Å². The molecule has 0 aromatic heterocycles. The lowest BCUT2D eigenvalue weighted by Gasteiger charge is -2.21. The molecule has 112 valence electrons. The molecular formula is C15H23ClN2O2. The van der Waals surface area contributed by atoms with Gasteiger partial charge in [0.25, 0.3) is 0 Å². The van der Waals surface area contributed by atoms with Gasteiger partial charge in [-0.3, -0.25) is 0 Å². The molecule has 2 amide bonds. The lowest BCUT2D eigenvalue weighted by Crippen LogP contribution is -2.30. The second-order valence-corrected chi connectivity index (χ2v) is 6.13. The van der Waals surface area contributed by atoms with Crippen LogP contribution in [0.2, 0.25) is 5.02 Å². The maximum Gasteiger partial charge on any atom is 0.319 e. The fraction of sp³-hybridized carbons (Fsp3) is 0.533. The number of halogens is 1. The second-order valence-electron chi connectivity index (χ2n) is 5.72. The average molecular weight is 299 g/mol. The predicted octanol–water partition coefficient (Wildman–Crippen LogP) is 3.57. The van der Waals surface area contributed by atoms with Crippen LogP contribution in [0.5, 0.6) is 0 Å². The van der Waals surface area contributed by atoms with E-state index in [-0.39, 0.29) is 18.1 Å². The van der Waals surface area contributed by atoms with Crippen LogP contribution in [-0.2, 0) is 0 Å². The first-order chi connectivity index (χ1) is 9.35. The third-order valence-corrected chi connectivity index (χ3v) is 3.67. The molecule has 0 bridgehead atoms. The van der Waals surface area contributed by atoms with E-state index in [4.69, 9.17) is 16.7 Å². The van der Waals surface area contributed by atoms with Gasteiger partial charge in [-0.05, 0) is 42.9 Å². The molecular weight excluding hydrogens is 276 g/mol. The number of nitrogens with one attached hydrogen (secondary N) is 2. The quantitative estimate of drug-likeness (QED) is 0.703. The number of benzene rings is 1. The highest BCUT2D eigenvalue weighted by molar-refractivity contribution is 6.31. The standard InChI is InChI=1S/C15H23ClN2O2/c1-11-12(16)6-4-7-13(11)18-14(20)17-9-5-8-15(2,3)10-19/h4,6-7,19H,5,8-10H2,1-3H3,(H2,17,18,20). The first-order valence-electron chi connectivity index (χ1n) is 6.76. The Bertz CT molecular complexity index is 461. The third-order valence-electron chi connectivity index (χ3n) is 3.26. The summed E-state index contributed by atoms with van der Waals surface area (Å²) in [5.41, 5.74) is 1.47. The molecule has 0 saturated carbocycles. The first kappa shape index (κ1) is 16.8. The molecule has 0 saturated heterocycles. The van der Waals surface area contributed by atoms with Gasteiger partial charge in [0.15, 0.2) is 0 Å². The maximum atomic E-state index is 11.8. The van der Waals surface area contributed by atoms with E-state index in [9.17, 15) is 4.79 Å². The minimum absolute atomic E-state index is 0.0955. The number of hydrogen-bond acceptors (Lipinski definition) is 2. The summed E-state index contributed by atoms with van der Waals surface area (Å²) < 4.78 is 0. The smallest absolute Gasteiger partial charge is 0.319 e. The highest BCUT2D eigenvalue weighted by atomic mass is 35.5. The molecule has 20 heavy (non-hydrogen) atoms. The summed E-state index contributed by atoms with van der Waals surface area (Å²) >= 11 is 5.99. The molecule has 0 atom stereocenters. The normalized spacial score (nSPS) is 11.2. The van der Waals surface area contributed by atoms with E-state index < -0.39 is 0 Å². The number of aliphatic hydroxyl groups is 1. The van der Waals surface area contributed by atoms with Crippen LogP contribution in [0.25, 0.3) is 0 Å². The zero-order chi connectivity index (χ0) is 15.2. The molecule has 0 unspecified atom stereocenters. The van der Waals surface area contributed by atoms with E-state index in [1.165, 1.54) is 0 Å². The fourth-order valence-electron chi connectivity index (χ4n) is 1.76. The molecule has 4 nitrogen and oxygen atoms in total. The molecule has 0 heterocycles. The van der Waals surface area contributed by atoms with Gasteiger partial charge < -0.3 is 15.7 Å². The Morgan fingerprint density at radius 2 is 2.10 bits per heavy atom. The molecule has 0 aliphatic carbocycles. The summed E-state index contributed by atoms with van der Waals surface area (Å²) in [6, 6.07) is 5.17. The minimum atomic E-state index is -0.239. The van der Waals surface area contributed by atoms with Crippen LogP contribution < -0.4 is 10.6 Å². The Morgan fingerprint density at radius 3 is 2.75 bits per heavy atom. The summed E-state index contributed by atoms with van der Waals surface area (Å²) in [6.07, 6.45) is 1.69. The van der Waals surface area contributed by atoms with Crippen LogP contribution in [0, 0.1) is 12.3 Å². The van der Waals surface area contributed by atoms with Gasteiger partial charge in [0, 0.05) is 23.9 Å². The summed E-state index contributed by atoms with van der Waals surface area (Å²) in [7, 11) is 0. The van der Waals surface area contributed by atoms with Crippen LogP contribution in [0.1, 0.15) is 32.3 Å². The van der Waals surface area contributed by atoms with E-state index in [1.807, 2.05) is 26.8 Å². The highest BCUT2D eigenvalue weighted by Crippen LogP contribution is 2.23. The number of carbonyl (C=O) groups excluding carboxylic acids is 1. The largest absolute Gasteiger partial charge is 0.396 e. The SMILES string of the molecule is Cc1c(Cl)cccc1NC(=O)NCCCC(C)(C)CO. The average Bonchev–Trinajstić information content (AvgIpc) is 2.40. The van der Waals surface area contributed by atoms with Crippen molar-refractivity contribution in [3.05, 3.63) is 28.8 Å². The zero-order valence-electron chi connectivity index (χ0n) is 12.3. The van der Waals surface area contributed by atoms with E-state index in [1.54, 1.807) is 12.1 Å². The van der Waals surface area contributed by atoms with Crippen LogP contribution in [0.4, 0.5) is 10.5 Å². The molecule has 0 aliphatic rings. The van der Waals surface area contributed by atoms with E-state index >= 15 is 0 Å². The highest BCUT2D eigenvalue weighted by Gasteiger charge is 2.15. The molecule has 1 rings (SSSR count). The van der Waals surface area contributed by atoms with Crippen molar-refractivity contribution in [2.75, 3.05) is 18.5 Å².